The number of aromatic hydroxyl groups is 1. The number of carbonyl (C=O) groups excluding carboxylic acids is 1. The van der Waals surface area contributed by atoms with Crippen LogP contribution in [0.4, 0.5) is 0 Å². The van der Waals surface area contributed by atoms with Crippen LogP contribution in [-0.4, -0.2) is 91.9 Å². The van der Waals surface area contributed by atoms with Gasteiger partial charge in [-0.3, -0.25) is 4.79 Å². The number of benzene rings is 1. The number of likely N-dealkylation sites (tertiary alicyclic amines) is 2. The van der Waals surface area contributed by atoms with Crippen LogP contribution in [0.1, 0.15) is 68.9 Å². The van der Waals surface area contributed by atoms with Gasteiger partial charge in [0.25, 0.3) is 0 Å². The normalized spacial score (nSPS) is 24.2. The molecule has 0 bridgehead atoms. The summed E-state index contributed by atoms with van der Waals surface area (Å²) in [5.74, 6) is 0.844. The standard InChI is InChI=1S/C28H46N4O4S/c1-21-19-26(33)20-22(2)28(21)37(35,36)30(3)15-12-27(34)29-24-5-7-25(8-6-24)32-17-10-23(11-18-32)9-16-31-13-4-14-31/h19-20,23-25,33H,4-18H2,1-3H3,(H,29,34)/t24-,25-. The van der Waals surface area contributed by atoms with Crippen LogP contribution in [0.3, 0.4) is 0 Å². The lowest BCUT2D eigenvalue weighted by Crippen LogP contribution is -2.47. The number of nitrogens with zero attached hydrogens (tertiary/aromatic N) is 3. The van der Waals surface area contributed by atoms with Crippen LogP contribution < -0.4 is 5.32 Å². The zero-order valence-electron chi connectivity index (χ0n) is 22.9. The van der Waals surface area contributed by atoms with Gasteiger partial charge in [0.05, 0.1) is 4.90 Å². The van der Waals surface area contributed by atoms with E-state index in [0.29, 0.717) is 17.2 Å². The highest BCUT2D eigenvalue weighted by molar-refractivity contribution is 7.89. The van der Waals surface area contributed by atoms with E-state index in [1.165, 1.54) is 81.9 Å². The van der Waals surface area contributed by atoms with Crippen LogP contribution in [0, 0.1) is 19.8 Å². The number of hydrogen-bond donors (Lipinski definition) is 2. The molecule has 2 saturated heterocycles. The van der Waals surface area contributed by atoms with Crippen molar-refractivity contribution < 1.29 is 18.3 Å². The van der Waals surface area contributed by atoms with Gasteiger partial charge in [0.2, 0.25) is 15.9 Å². The molecule has 1 aromatic rings. The van der Waals surface area contributed by atoms with Crippen molar-refractivity contribution in [3.63, 3.8) is 0 Å². The lowest BCUT2D eigenvalue weighted by Gasteiger charge is -2.41. The molecule has 9 heteroatoms. The van der Waals surface area contributed by atoms with E-state index in [9.17, 15) is 18.3 Å². The second kappa shape index (κ2) is 12.5. The summed E-state index contributed by atoms with van der Waals surface area (Å²) >= 11 is 0. The summed E-state index contributed by atoms with van der Waals surface area (Å²) in [6.07, 6.45) is 9.74. The zero-order chi connectivity index (χ0) is 26.6. The molecule has 0 radical (unpaired) electrons. The van der Waals surface area contributed by atoms with Crippen molar-refractivity contribution in [2.45, 2.75) is 88.6 Å². The van der Waals surface area contributed by atoms with Crippen LogP contribution in [0.25, 0.3) is 0 Å². The minimum absolute atomic E-state index is 0.0489. The van der Waals surface area contributed by atoms with Gasteiger partial charge in [-0.1, -0.05) is 0 Å². The van der Waals surface area contributed by atoms with Gasteiger partial charge in [0.15, 0.2) is 0 Å². The molecular formula is C28H46N4O4S. The Morgan fingerprint density at radius 3 is 2.22 bits per heavy atom. The molecule has 0 aromatic heterocycles. The molecule has 2 aliphatic heterocycles. The van der Waals surface area contributed by atoms with Crippen LogP contribution in [0.5, 0.6) is 5.75 Å². The van der Waals surface area contributed by atoms with Crippen LogP contribution in [0.15, 0.2) is 17.0 Å². The number of aryl methyl sites for hydroxylation is 2. The van der Waals surface area contributed by atoms with Gasteiger partial charge in [-0.15, -0.1) is 0 Å². The summed E-state index contributed by atoms with van der Waals surface area (Å²) in [6, 6.07) is 3.72. The minimum atomic E-state index is -3.74. The van der Waals surface area contributed by atoms with E-state index in [2.05, 4.69) is 15.1 Å². The van der Waals surface area contributed by atoms with E-state index < -0.39 is 10.0 Å². The van der Waals surface area contributed by atoms with E-state index in [1.807, 2.05) is 0 Å². The number of carbonyl (C=O) groups is 1. The number of phenols is 1. The number of phenolic OH excluding ortho intramolecular Hbond substituents is 1. The highest BCUT2D eigenvalue weighted by Gasteiger charge is 2.30. The van der Waals surface area contributed by atoms with Gasteiger partial charge in [0.1, 0.15) is 5.75 Å². The van der Waals surface area contributed by atoms with Gasteiger partial charge in [-0.2, -0.15) is 0 Å². The first-order chi connectivity index (χ1) is 17.6. The topological polar surface area (TPSA) is 93.2 Å². The largest absolute Gasteiger partial charge is 0.508 e. The summed E-state index contributed by atoms with van der Waals surface area (Å²) in [6.45, 7) is 9.78. The van der Waals surface area contributed by atoms with Crippen molar-refractivity contribution in [1.82, 2.24) is 19.4 Å². The Bertz CT molecular complexity index is 1000. The second-order valence-corrected chi connectivity index (χ2v) is 13.5. The summed E-state index contributed by atoms with van der Waals surface area (Å²) in [5, 5.41) is 12.9. The van der Waals surface area contributed by atoms with E-state index >= 15 is 0 Å². The molecule has 2 N–H and O–H groups in total. The molecule has 1 aromatic carbocycles. The van der Waals surface area contributed by atoms with Crippen molar-refractivity contribution in [3.05, 3.63) is 23.3 Å². The molecule has 4 rings (SSSR count). The van der Waals surface area contributed by atoms with Gasteiger partial charge in [0, 0.05) is 32.1 Å². The van der Waals surface area contributed by atoms with Crippen LogP contribution in [-0.2, 0) is 14.8 Å². The summed E-state index contributed by atoms with van der Waals surface area (Å²) < 4.78 is 27.4. The average Bonchev–Trinajstić information content (AvgIpc) is 2.81. The highest BCUT2D eigenvalue weighted by atomic mass is 32.2. The first-order valence-electron chi connectivity index (χ1n) is 14.2. The Kier molecular flexibility index (Phi) is 9.53. The molecule has 1 aliphatic carbocycles. The Morgan fingerprint density at radius 2 is 1.65 bits per heavy atom. The quantitative estimate of drug-likeness (QED) is 0.479. The fraction of sp³-hybridized carbons (Fsp3) is 0.750. The van der Waals surface area contributed by atoms with Crippen molar-refractivity contribution >= 4 is 15.9 Å². The smallest absolute Gasteiger partial charge is 0.243 e. The Hall–Kier alpha value is -1.68. The molecule has 0 unspecified atom stereocenters. The predicted octanol–water partition coefficient (Wildman–Crippen LogP) is 3.25. The average molecular weight is 535 g/mol. The Morgan fingerprint density at radius 1 is 1.03 bits per heavy atom. The summed E-state index contributed by atoms with van der Waals surface area (Å²) in [7, 11) is -2.23. The molecule has 0 spiro atoms. The van der Waals surface area contributed by atoms with Crippen molar-refractivity contribution in [3.8, 4) is 5.75 Å². The number of sulfonamides is 1. The van der Waals surface area contributed by atoms with E-state index in [1.54, 1.807) is 13.8 Å². The molecule has 8 nitrogen and oxygen atoms in total. The van der Waals surface area contributed by atoms with Crippen LogP contribution >= 0.6 is 0 Å². The second-order valence-electron chi connectivity index (χ2n) is 11.5. The number of rotatable bonds is 10. The number of nitrogens with one attached hydrogen (secondary N) is 1. The summed E-state index contributed by atoms with van der Waals surface area (Å²) in [4.78, 5) is 18.1. The van der Waals surface area contributed by atoms with Crippen molar-refractivity contribution in [1.29, 1.82) is 0 Å². The monoisotopic (exact) mass is 534 g/mol. The maximum atomic E-state index is 13.1. The van der Waals surface area contributed by atoms with E-state index in [4.69, 9.17) is 0 Å². The lowest BCUT2D eigenvalue weighted by molar-refractivity contribution is -0.122. The first-order valence-corrected chi connectivity index (χ1v) is 15.6. The zero-order valence-corrected chi connectivity index (χ0v) is 23.7. The number of piperidine rings is 1. The van der Waals surface area contributed by atoms with E-state index in [0.717, 1.165) is 31.6 Å². The third kappa shape index (κ3) is 7.25. The lowest BCUT2D eigenvalue weighted by atomic mass is 9.86. The molecule has 37 heavy (non-hydrogen) atoms. The maximum Gasteiger partial charge on any atom is 0.243 e. The third-order valence-corrected chi connectivity index (χ3v) is 11.0. The first kappa shape index (κ1) is 28.3. The minimum Gasteiger partial charge on any atom is -0.508 e. The molecule has 1 amide bonds. The third-order valence-electron chi connectivity index (χ3n) is 8.80. The van der Waals surface area contributed by atoms with Crippen molar-refractivity contribution in [2.24, 2.45) is 5.92 Å². The number of hydrogen-bond acceptors (Lipinski definition) is 6. The SMILES string of the molecule is Cc1cc(O)cc(C)c1S(=O)(=O)N(C)CCC(=O)N[C@H]1CC[C@H](N2CCC(CCN3CCC3)CC2)CC1. The molecule has 3 fully saturated rings. The molecule has 3 aliphatic rings. The van der Waals surface area contributed by atoms with E-state index in [-0.39, 0.29) is 35.6 Å². The molecule has 1 saturated carbocycles. The number of amides is 1. The predicted molar refractivity (Wildman–Crippen MR) is 146 cm³/mol. The Balaban J connectivity index is 1.15. The Labute approximate surface area is 223 Å². The van der Waals surface area contributed by atoms with Crippen molar-refractivity contribution in [2.75, 3.05) is 46.3 Å². The summed E-state index contributed by atoms with van der Waals surface area (Å²) in [5.41, 5.74) is 1.00. The van der Waals surface area contributed by atoms with Gasteiger partial charge >= 0.3 is 0 Å². The molecule has 0 atom stereocenters. The van der Waals surface area contributed by atoms with Gasteiger partial charge in [-0.05, 0) is 127 Å². The fourth-order valence-corrected chi connectivity index (χ4v) is 7.91. The van der Waals surface area contributed by atoms with Crippen LogP contribution in [0.2, 0.25) is 0 Å². The molecule has 208 valence electrons. The van der Waals surface area contributed by atoms with Gasteiger partial charge < -0.3 is 20.2 Å². The molecular weight excluding hydrogens is 488 g/mol. The fourth-order valence-electron chi connectivity index (χ4n) is 6.33. The highest BCUT2D eigenvalue weighted by Crippen LogP contribution is 2.30. The molecule has 2 heterocycles. The maximum absolute atomic E-state index is 13.1. The van der Waals surface area contributed by atoms with Gasteiger partial charge in [-0.25, -0.2) is 12.7 Å².